The Labute approximate surface area is 55.9 Å². The van der Waals surface area contributed by atoms with Gasteiger partial charge in [0.15, 0.2) is 0 Å². The van der Waals surface area contributed by atoms with Gasteiger partial charge in [-0.2, -0.15) is 0 Å². The fourth-order valence-electron chi connectivity index (χ4n) is 0.898. The zero-order valence-electron chi connectivity index (χ0n) is 5.54. The summed E-state index contributed by atoms with van der Waals surface area (Å²) < 4.78 is 0. The SMILES string of the molecule is C=C1CC(=C)C(=C)C1=C. The first kappa shape index (κ1) is 6.09. The number of rotatable bonds is 0. The molecule has 0 spiro atoms. The van der Waals surface area contributed by atoms with Crippen molar-refractivity contribution < 1.29 is 0 Å². The van der Waals surface area contributed by atoms with Gasteiger partial charge in [-0.05, 0) is 28.7 Å². The summed E-state index contributed by atoms with van der Waals surface area (Å²) >= 11 is 0. The first-order valence-corrected chi connectivity index (χ1v) is 2.87. The summed E-state index contributed by atoms with van der Waals surface area (Å²) in [5.74, 6) is 0. The average Bonchev–Trinajstić information content (AvgIpc) is 1.98. The molecule has 46 valence electrons. The topological polar surface area (TPSA) is 0 Å². The molecule has 0 bridgehead atoms. The van der Waals surface area contributed by atoms with E-state index in [1.807, 2.05) is 0 Å². The highest BCUT2D eigenvalue weighted by Crippen LogP contribution is 2.34. The van der Waals surface area contributed by atoms with Crippen molar-refractivity contribution in [3.05, 3.63) is 48.6 Å². The molecule has 0 aromatic rings. The van der Waals surface area contributed by atoms with E-state index in [-0.39, 0.29) is 0 Å². The summed E-state index contributed by atoms with van der Waals surface area (Å²) in [7, 11) is 0. The van der Waals surface area contributed by atoms with Crippen molar-refractivity contribution in [1.82, 2.24) is 0 Å². The fraction of sp³-hybridized carbons (Fsp3) is 0.111. The van der Waals surface area contributed by atoms with Crippen LogP contribution in [0.25, 0.3) is 0 Å². The molecule has 0 radical (unpaired) electrons. The highest BCUT2D eigenvalue weighted by molar-refractivity contribution is 5.60. The Morgan fingerprint density at radius 1 is 0.778 bits per heavy atom. The van der Waals surface area contributed by atoms with Crippen molar-refractivity contribution in [2.75, 3.05) is 0 Å². The number of allylic oxidation sites excluding steroid dienone is 4. The molecule has 0 heteroatoms. The van der Waals surface area contributed by atoms with Crippen LogP contribution in [0, 0.1) is 0 Å². The maximum Gasteiger partial charge on any atom is -0.00256 e. The van der Waals surface area contributed by atoms with Crippen LogP contribution in [0.1, 0.15) is 6.42 Å². The minimum atomic E-state index is 0.859. The van der Waals surface area contributed by atoms with Crippen LogP contribution < -0.4 is 0 Å². The second-order valence-corrected chi connectivity index (χ2v) is 2.34. The van der Waals surface area contributed by atoms with E-state index < -0.39 is 0 Å². The molecular formula is C9H10. The molecule has 0 aromatic heterocycles. The molecule has 0 amide bonds. The van der Waals surface area contributed by atoms with Crippen LogP contribution in [0.15, 0.2) is 48.6 Å². The predicted molar refractivity (Wildman–Crippen MR) is 41.2 cm³/mol. The molecule has 9 heavy (non-hydrogen) atoms. The van der Waals surface area contributed by atoms with E-state index in [4.69, 9.17) is 0 Å². The minimum absolute atomic E-state index is 0.859. The van der Waals surface area contributed by atoms with Gasteiger partial charge in [-0.15, -0.1) is 0 Å². The smallest absolute Gasteiger partial charge is 0.00256 e. The monoisotopic (exact) mass is 118 g/mol. The molecule has 0 N–H and O–H groups in total. The maximum atomic E-state index is 3.81. The molecule has 1 fully saturated rings. The molecule has 0 heterocycles. The zero-order valence-corrected chi connectivity index (χ0v) is 5.54. The van der Waals surface area contributed by atoms with Crippen molar-refractivity contribution in [3.63, 3.8) is 0 Å². The van der Waals surface area contributed by atoms with E-state index >= 15 is 0 Å². The van der Waals surface area contributed by atoms with Crippen LogP contribution in [-0.2, 0) is 0 Å². The third kappa shape index (κ3) is 0.765. The van der Waals surface area contributed by atoms with Gasteiger partial charge < -0.3 is 0 Å². The van der Waals surface area contributed by atoms with Crippen LogP contribution >= 0.6 is 0 Å². The standard InChI is InChI=1S/C9H10/c1-6-5-7(2)9(4)8(6)3/h1-5H2. The highest BCUT2D eigenvalue weighted by atomic mass is 14.2. The molecule has 1 aliphatic carbocycles. The molecule has 0 unspecified atom stereocenters. The minimum Gasteiger partial charge on any atom is -0.0949 e. The summed E-state index contributed by atoms with van der Waals surface area (Å²) in [5.41, 5.74) is 4.06. The van der Waals surface area contributed by atoms with Crippen molar-refractivity contribution in [1.29, 1.82) is 0 Å². The summed E-state index contributed by atoms with van der Waals surface area (Å²) in [5, 5.41) is 0. The van der Waals surface area contributed by atoms with Gasteiger partial charge in [0, 0.05) is 0 Å². The summed E-state index contributed by atoms with van der Waals surface area (Å²) in [6.07, 6.45) is 0.859. The van der Waals surface area contributed by atoms with Crippen LogP contribution in [0.5, 0.6) is 0 Å². The van der Waals surface area contributed by atoms with Gasteiger partial charge in [-0.25, -0.2) is 0 Å². The van der Waals surface area contributed by atoms with Crippen LogP contribution in [0.3, 0.4) is 0 Å². The molecule has 0 saturated heterocycles. The summed E-state index contributed by atoms with van der Waals surface area (Å²) in [6.45, 7) is 15.2. The molecule has 0 aliphatic heterocycles. The van der Waals surface area contributed by atoms with E-state index in [9.17, 15) is 0 Å². The van der Waals surface area contributed by atoms with Crippen LogP contribution in [-0.4, -0.2) is 0 Å². The lowest BCUT2D eigenvalue weighted by atomic mass is 10.1. The Hall–Kier alpha value is -1.04. The molecule has 1 rings (SSSR count). The lowest BCUT2D eigenvalue weighted by molar-refractivity contribution is 1.30. The van der Waals surface area contributed by atoms with E-state index in [1.165, 1.54) is 0 Å². The van der Waals surface area contributed by atoms with Crippen molar-refractivity contribution in [2.24, 2.45) is 0 Å². The molecule has 0 atom stereocenters. The third-order valence-electron chi connectivity index (χ3n) is 1.64. The molecular weight excluding hydrogens is 108 g/mol. The Morgan fingerprint density at radius 3 is 1.22 bits per heavy atom. The first-order chi connectivity index (χ1) is 4.13. The summed E-state index contributed by atoms with van der Waals surface area (Å²) in [4.78, 5) is 0. The van der Waals surface area contributed by atoms with E-state index in [0.29, 0.717) is 0 Å². The van der Waals surface area contributed by atoms with E-state index in [0.717, 1.165) is 28.7 Å². The predicted octanol–water partition coefficient (Wildman–Crippen LogP) is 2.61. The van der Waals surface area contributed by atoms with Crippen molar-refractivity contribution >= 4 is 0 Å². The van der Waals surface area contributed by atoms with E-state index in [2.05, 4.69) is 26.3 Å². The van der Waals surface area contributed by atoms with Crippen LogP contribution in [0.2, 0.25) is 0 Å². The van der Waals surface area contributed by atoms with Crippen molar-refractivity contribution in [3.8, 4) is 0 Å². The largest absolute Gasteiger partial charge is 0.0949 e. The Bertz CT molecular complexity index is 192. The second kappa shape index (κ2) is 1.73. The zero-order chi connectivity index (χ0) is 7.02. The fourth-order valence-corrected chi connectivity index (χ4v) is 0.898. The lowest BCUT2D eigenvalue weighted by Crippen LogP contribution is -1.73. The number of hydrogen-bond donors (Lipinski definition) is 0. The average molecular weight is 118 g/mol. The number of hydrogen-bond acceptors (Lipinski definition) is 0. The van der Waals surface area contributed by atoms with Gasteiger partial charge in [0.25, 0.3) is 0 Å². The second-order valence-electron chi connectivity index (χ2n) is 2.34. The Kier molecular flexibility index (Phi) is 1.17. The summed E-state index contributed by atoms with van der Waals surface area (Å²) in [6, 6.07) is 0. The van der Waals surface area contributed by atoms with Gasteiger partial charge in [0.2, 0.25) is 0 Å². The normalized spacial score (nSPS) is 19.6. The first-order valence-electron chi connectivity index (χ1n) is 2.87. The maximum absolute atomic E-state index is 3.81. The lowest BCUT2D eigenvalue weighted by Gasteiger charge is -1.92. The molecule has 1 saturated carbocycles. The molecule has 0 nitrogen and oxygen atoms in total. The highest BCUT2D eigenvalue weighted by Gasteiger charge is 2.16. The molecule has 1 aliphatic rings. The van der Waals surface area contributed by atoms with Crippen molar-refractivity contribution in [2.45, 2.75) is 6.42 Å². The Balaban J connectivity index is 3.04. The van der Waals surface area contributed by atoms with E-state index in [1.54, 1.807) is 0 Å². The molecule has 0 aromatic carbocycles. The Morgan fingerprint density at radius 2 is 1.11 bits per heavy atom. The third-order valence-corrected chi connectivity index (χ3v) is 1.64. The van der Waals surface area contributed by atoms with Gasteiger partial charge in [0.1, 0.15) is 0 Å². The van der Waals surface area contributed by atoms with Crippen LogP contribution in [0.4, 0.5) is 0 Å². The van der Waals surface area contributed by atoms with Gasteiger partial charge in [-0.1, -0.05) is 26.3 Å². The van der Waals surface area contributed by atoms with Gasteiger partial charge in [-0.3, -0.25) is 0 Å². The van der Waals surface area contributed by atoms with Gasteiger partial charge in [0.05, 0.1) is 0 Å². The van der Waals surface area contributed by atoms with Gasteiger partial charge >= 0.3 is 0 Å². The quantitative estimate of drug-likeness (QED) is 0.458.